The van der Waals surface area contributed by atoms with Gasteiger partial charge in [0.25, 0.3) is 0 Å². The number of hydrogen-bond acceptors (Lipinski definition) is 20. The summed E-state index contributed by atoms with van der Waals surface area (Å²) in [6, 6.07) is -2.63. The molecule has 4 aliphatic rings. The van der Waals surface area contributed by atoms with E-state index in [1.165, 1.54) is 90.9 Å². The first-order valence-electron chi connectivity index (χ1n) is 34.4. The first-order valence-corrected chi connectivity index (χ1v) is 34.4. The van der Waals surface area contributed by atoms with Crippen molar-refractivity contribution < 1.29 is 97.1 Å². The van der Waals surface area contributed by atoms with Gasteiger partial charge in [-0.25, -0.2) is 4.79 Å². The van der Waals surface area contributed by atoms with Crippen LogP contribution in [0.4, 0.5) is 0 Å². The molecule has 4 heterocycles. The van der Waals surface area contributed by atoms with Crippen LogP contribution in [-0.4, -0.2) is 261 Å². The van der Waals surface area contributed by atoms with Crippen molar-refractivity contribution >= 4 is 94.6 Å². The van der Waals surface area contributed by atoms with Crippen LogP contribution in [0, 0.1) is 5.92 Å². The number of aliphatic hydroxyl groups is 1. The molecule has 36 nitrogen and oxygen atoms in total. The van der Waals surface area contributed by atoms with E-state index in [0.29, 0.717) is 43.4 Å². The summed E-state index contributed by atoms with van der Waals surface area (Å²) in [6.45, 7) is 6.77. The van der Waals surface area contributed by atoms with E-state index >= 15 is 0 Å². The molecular formula is C67H96N16O20. The molecule has 0 radical (unpaired) electrons. The van der Waals surface area contributed by atoms with Crippen molar-refractivity contribution in [2.45, 2.75) is 185 Å². The zero-order valence-electron chi connectivity index (χ0n) is 58.4. The van der Waals surface area contributed by atoms with E-state index in [2.05, 4.69) is 69.1 Å². The van der Waals surface area contributed by atoms with Crippen LogP contribution in [0.15, 0.2) is 48.5 Å². The van der Waals surface area contributed by atoms with Crippen molar-refractivity contribution in [3.8, 4) is 11.5 Å². The molecule has 0 bridgehead atoms. The number of carbonyl (C=O) groups excluding carboxylic acids is 15. The number of aromatic hydroxyl groups is 2. The molecule has 4 aliphatic heterocycles. The molecule has 2 aromatic rings. The van der Waals surface area contributed by atoms with Gasteiger partial charge in [-0.1, -0.05) is 38.1 Å². The normalized spacial score (nSPS) is 19.3. The molecule has 6 rings (SSSR count). The van der Waals surface area contributed by atoms with E-state index in [-0.39, 0.29) is 81.5 Å². The molecule has 0 spiro atoms. The molecule has 103 heavy (non-hydrogen) atoms. The van der Waals surface area contributed by atoms with Crippen molar-refractivity contribution in [3.05, 3.63) is 59.7 Å². The summed E-state index contributed by atoms with van der Waals surface area (Å²) >= 11 is 0. The predicted octanol–water partition coefficient (Wildman–Crippen LogP) is -5.85. The number of amides is 15. The Hall–Kier alpha value is -10.5. The van der Waals surface area contributed by atoms with Crippen LogP contribution in [0.5, 0.6) is 11.5 Å². The van der Waals surface area contributed by atoms with Crippen molar-refractivity contribution in [3.63, 3.8) is 0 Å². The van der Waals surface area contributed by atoms with Crippen molar-refractivity contribution in [2.24, 2.45) is 5.92 Å². The third kappa shape index (κ3) is 24.6. The summed E-state index contributed by atoms with van der Waals surface area (Å²) in [5.74, 6) is -12.7. The molecule has 564 valence electrons. The summed E-state index contributed by atoms with van der Waals surface area (Å²) in [5, 5.41) is 71.4. The lowest BCUT2D eigenvalue weighted by Gasteiger charge is -2.32. The summed E-state index contributed by atoms with van der Waals surface area (Å²) in [5.41, 5.74) is 0.962. The average molecular weight is 1450 g/mol. The van der Waals surface area contributed by atoms with Crippen LogP contribution >= 0.6 is 0 Å². The molecule has 36 heteroatoms. The third-order valence-electron chi connectivity index (χ3n) is 17.8. The SMILES string of the molecule is CC(C)C[C@H](NC(=O)[C@H](C)NC(=O)[C@@H]1CCCN1C(=O)[C@H](C)NC(=O)[C@H](C)NC(=O)[C@@H]1CCCN1C(=O)[C@@H]1CCCN1C(=O)[C@H](C)NC(=O)CNC(=O)[C@H](CO)NC(=O)CNC(=O)[C@@H]1CCCN1)C(=O)NCC(=O)N[C@@H](Cc1ccc(O)cc1)C(=O)NCC(=O)N[C@@H](Cc1ccc(O)cc1)C(=O)O. The Balaban J connectivity index is 0.935. The van der Waals surface area contributed by atoms with E-state index in [9.17, 15) is 97.1 Å². The van der Waals surface area contributed by atoms with Crippen LogP contribution in [0.1, 0.15) is 110 Å². The van der Waals surface area contributed by atoms with E-state index in [4.69, 9.17) is 0 Å². The van der Waals surface area contributed by atoms with Gasteiger partial charge in [-0.05, 0) is 133 Å². The smallest absolute Gasteiger partial charge is 0.326 e. The van der Waals surface area contributed by atoms with E-state index in [0.717, 1.165) is 6.42 Å². The summed E-state index contributed by atoms with van der Waals surface area (Å²) in [4.78, 5) is 216. The lowest BCUT2D eigenvalue weighted by molar-refractivity contribution is -0.148. The number of rotatable bonds is 35. The molecule has 0 aromatic heterocycles. The van der Waals surface area contributed by atoms with E-state index < -0.39 is 194 Å². The topological polar surface area (TPSA) is 520 Å². The van der Waals surface area contributed by atoms with Gasteiger partial charge in [0.1, 0.15) is 78.0 Å². The molecule has 0 aliphatic carbocycles. The minimum Gasteiger partial charge on any atom is -0.508 e. The van der Waals surface area contributed by atoms with Gasteiger partial charge < -0.3 is 104 Å². The van der Waals surface area contributed by atoms with Crippen molar-refractivity contribution in [1.29, 1.82) is 0 Å². The monoisotopic (exact) mass is 1440 g/mol. The molecule has 12 atom stereocenters. The van der Waals surface area contributed by atoms with Crippen LogP contribution in [0.2, 0.25) is 0 Å². The Labute approximate surface area is 594 Å². The number of nitrogens with one attached hydrogen (secondary N) is 13. The molecule has 0 saturated carbocycles. The Morgan fingerprint density at radius 3 is 1.32 bits per heavy atom. The number of carboxylic acids is 1. The average Bonchev–Trinajstić information content (AvgIpc) is 1.67. The number of phenolic OH excluding ortho intramolecular Hbond substituents is 2. The Morgan fingerprint density at radius 2 is 0.835 bits per heavy atom. The number of nitrogens with zero attached hydrogens (tertiary/aromatic N) is 3. The highest BCUT2D eigenvalue weighted by Gasteiger charge is 2.44. The Morgan fingerprint density at radius 1 is 0.427 bits per heavy atom. The third-order valence-corrected chi connectivity index (χ3v) is 17.8. The zero-order valence-corrected chi connectivity index (χ0v) is 58.4. The first-order chi connectivity index (χ1) is 48.8. The van der Waals surface area contributed by atoms with Gasteiger partial charge in [0.15, 0.2) is 0 Å². The molecule has 4 fully saturated rings. The molecule has 4 saturated heterocycles. The van der Waals surface area contributed by atoms with Crippen LogP contribution < -0.4 is 69.1 Å². The fourth-order valence-electron chi connectivity index (χ4n) is 12.2. The fraction of sp³-hybridized carbons (Fsp3) is 0.582. The van der Waals surface area contributed by atoms with Gasteiger partial charge in [-0.2, -0.15) is 0 Å². The standard InChI is InChI=1S/C67H96N16O20/c1-35(2)27-45(59(94)70-31-53(88)77-46(28-40-15-19-42(85)20-16-40)60(95)71-32-54(89)78-47(67(102)103)29-41-17-21-43(86)22-18-41)80-57(92)37(4)75-62(97)49-12-8-24-81(49)65(100)39(6)76-56(91)36(3)74-63(98)50-13-9-25-82(50)66(101)51-14-10-26-83(51)64(99)38(5)73-52(87)30-72-61(96)48(34-84)79-55(90)33-69-58(93)44-11-7-23-68-44/h15-22,35-39,44-51,68,84-86H,7-14,23-34H2,1-6H3,(H,69,93)(H,70,94)(H,71,95)(H,72,96)(H,73,87)(H,74,98)(H,75,97)(H,76,91)(H,77,88)(H,78,89)(H,79,90)(H,80,92)(H,102,103)/t36-,37-,38-,39-,44-,45-,46-,47-,48-,49-,50-,51-/m0/s1. The number of aliphatic hydroxyl groups excluding tert-OH is 1. The molecule has 17 N–H and O–H groups in total. The van der Waals surface area contributed by atoms with Gasteiger partial charge in [0, 0.05) is 32.5 Å². The van der Waals surface area contributed by atoms with Gasteiger partial charge in [0.05, 0.1) is 38.8 Å². The number of carboxylic acid groups (broad SMARTS) is 1. The number of benzene rings is 2. The Kier molecular flexibility index (Phi) is 30.9. The summed E-state index contributed by atoms with van der Waals surface area (Å²) in [6.07, 6.45) is 3.03. The maximum atomic E-state index is 14.2. The van der Waals surface area contributed by atoms with Crippen LogP contribution in [-0.2, 0) is 89.6 Å². The lowest BCUT2D eigenvalue weighted by Crippen LogP contribution is -2.59. The van der Waals surface area contributed by atoms with Crippen molar-refractivity contribution in [1.82, 2.24) is 83.8 Å². The number of likely N-dealkylation sites (tertiary alicyclic amines) is 3. The zero-order chi connectivity index (χ0) is 75.8. The van der Waals surface area contributed by atoms with Gasteiger partial charge in [-0.3, -0.25) is 71.9 Å². The Bertz CT molecular complexity index is 3430. The van der Waals surface area contributed by atoms with Gasteiger partial charge in [-0.15, -0.1) is 0 Å². The maximum Gasteiger partial charge on any atom is 0.326 e. The summed E-state index contributed by atoms with van der Waals surface area (Å²) in [7, 11) is 0. The largest absolute Gasteiger partial charge is 0.508 e. The second kappa shape index (κ2) is 39.1. The maximum absolute atomic E-state index is 14.2. The minimum atomic E-state index is -1.46. The van der Waals surface area contributed by atoms with Crippen LogP contribution in [0.25, 0.3) is 0 Å². The number of carbonyl (C=O) groups is 16. The quantitative estimate of drug-likeness (QED) is 0.0306. The molecular weight excluding hydrogens is 1350 g/mol. The number of hydrogen-bond donors (Lipinski definition) is 17. The highest BCUT2D eigenvalue weighted by Crippen LogP contribution is 2.26. The number of phenols is 2. The fourth-order valence-corrected chi connectivity index (χ4v) is 12.2. The second-order valence-electron chi connectivity index (χ2n) is 26.4. The van der Waals surface area contributed by atoms with E-state index in [1.807, 2.05) is 0 Å². The van der Waals surface area contributed by atoms with E-state index in [1.54, 1.807) is 13.8 Å². The summed E-state index contributed by atoms with van der Waals surface area (Å²) < 4.78 is 0. The predicted molar refractivity (Wildman–Crippen MR) is 363 cm³/mol. The van der Waals surface area contributed by atoms with Crippen molar-refractivity contribution in [2.75, 3.05) is 59.0 Å². The first kappa shape index (κ1) is 81.4. The van der Waals surface area contributed by atoms with Gasteiger partial charge in [0.2, 0.25) is 88.6 Å². The highest BCUT2D eigenvalue weighted by atomic mass is 16.4. The molecule has 15 amide bonds. The number of aliphatic carboxylic acids is 1. The van der Waals surface area contributed by atoms with Gasteiger partial charge >= 0.3 is 5.97 Å². The molecule has 0 unspecified atom stereocenters. The lowest BCUT2D eigenvalue weighted by atomic mass is 10.0. The second-order valence-corrected chi connectivity index (χ2v) is 26.4. The minimum absolute atomic E-state index is 0.0457. The van der Waals surface area contributed by atoms with Crippen LogP contribution in [0.3, 0.4) is 0 Å². The molecule has 2 aromatic carbocycles. The highest BCUT2D eigenvalue weighted by molar-refractivity contribution is 6.00.